The summed E-state index contributed by atoms with van der Waals surface area (Å²) in [6, 6.07) is 0. The number of halogens is 2. The number of alkyl halides is 2. The average molecular weight is 145 g/mol. The summed E-state index contributed by atoms with van der Waals surface area (Å²) in [5.41, 5.74) is 0. The van der Waals surface area contributed by atoms with Crippen molar-refractivity contribution in [3.05, 3.63) is 24.3 Å². The van der Waals surface area contributed by atoms with Gasteiger partial charge in [0.15, 0.2) is 5.79 Å². The summed E-state index contributed by atoms with van der Waals surface area (Å²) in [7, 11) is 0. The summed E-state index contributed by atoms with van der Waals surface area (Å²) in [6.45, 7) is -0.839. The van der Waals surface area contributed by atoms with E-state index < -0.39 is 12.6 Å². The zero-order chi connectivity index (χ0) is 7.45. The molecule has 0 amide bonds. The van der Waals surface area contributed by atoms with E-state index in [0.717, 1.165) is 0 Å². The van der Waals surface area contributed by atoms with Crippen molar-refractivity contribution in [2.45, 2.75) is 12.2 Å². The SMILES string of the molecule is FCNC1(F)C=CC=CC1. The molecule has 0 aliphatic heterocycles. The second-order valence-corrected chi connectivity index (χ2v) is 2.16. The molecule has 1 atom stereocenters. The van der Waals surface area contributed by atoms with Gasteiger partial charge in [-0.05, 0) is 6.08 Å². The Morgan fingerprint density at radius 3 is 2.80 bits per heavy atom. The quantitative estimate of drug-likeness (QED) is 0.583. The topological polar surface area (TPSA) is 12.0 Å². The molecule has 0 spiro atoms. The van der Waals surface area contributed by atoms with E-state index in [1.54, 1.807) is 18.2 Å². The van der Waals surface area contributed by atoms with Crippen LogP contribution in [-0.4, -0.2) is 12.6 Å². The van der Waals surface area contributed by atoms with Crippen LogP contribution < -0.4 is 5.32 Å². The lowest BCUT2D eigenvalue weighted by Crippen LogP contribution is -2.38. The third kappa shape index (κ3) is 1.64. The lowest BCUT2D eigenvalue weighted by atomic mass is 10.1. The molecule has 1 aliphatic rings. The molecule has 0 radical (unpaired) electrons. The average Bonchev–Trinajstić information content (AvgIpc) is 1.89. The van der Waals surface area contributed by atoms with Crippen molar-refractivity contribution < 1.29 is 8.78 Å². The van der Waals surface area contributed by atoms with Gasteiger partial charge in [0.2, 0.25) is 0 Å². The molecular formula is C7H9F2N. The van der Waals surface area contributed by atoms with Gasteiger partial charge in [-0.25, -0.2) is 8.78 Å². The van der Waals surface area contributed by atoms with Crippen LogP contribution in [0.25, 0.3) is 0 Å². The monoisotopic (exact) mass is 145 g/mol. The van der Waals surface area contributed by atoms with Crippen LogP contribution in [0.15, 0.2) is 24.3 Å². The Kier molecular flexibility index (Phi) is 2.17. The van der Waals surface area contributed by atoms with Crippen molar-refractivity contribution in [3.8, 4) is 0 Å². The van der Waals surface area contributed by atoms with Gasteiger partial charge in [-0.1, -0.05) is 18.2 Å². The highest BCUT2D eigenvalue weighted by atomic mass is 19.2. The Morgan fingerprint density at radius 1 is 1.50 bits per heavy atom. The summed E-state index contributed by atoms with van der Waals surface area (Å²) in [5.74, 6) is -1.66. The van der Waals surface area contributed by atoms with E-state index in [1.165, 1.54) is 6.08 Å². The third-order valence-corrected chi connectivity index (χ3v) is 1.38. The number of hydrogen-bond donors (Lipinski definition) is 1. The summed E-state index contributed by atoms with van der Waals surface area (Å²) in [4.78, 5) is 0. The number of nitrogens with one attached hydrogen (secondary N) is 1. The molecule has 56 valence electrons. The van der Waals surface area contributed by atoms with Crippen molar-refractivity contribution in [2.75, 3.05) is 6.80 Å². The van der Waals surface area contributed by atoms with E-state index in [2.05, 4.69) is 5.32 Å². The van der Waals surface area contributed by atoms with Gasteiger partial charge in [-0.3, -0.25) is 5.32 Å². The molecule has 0 fully saturated rings. The fourth-order valence-electron chi connectivity index (χ4n) is 0.836. The molecule has 0 heterocycles. The minimum Gasteiger partial charge on any atom is -0.254 e. The van der Waals surface area contributed by atoms with Crippen LogP contribution in [0.2, 0.25) is 0 Å². The molecule has 0 bridgehead atoms. The summed E-state index contributed by atoms with van der Waals surface area (Å²) < 4.78 is 24.7. The van der Waals surface area contributed by atoms with Crippen LogP contribution >= 0.6 is 0 Å². The molecule has 1 aliphatic carbocycles. The van der Waals surface area contributed by atoms with E-state index in [-0.39, 0.29) is 6.42 Å². The summed E-state index contributed by atoms with van der Waals surface area (Å²) >= 11 is 0. The van der Waals surface area contributed by atoms with Gasteiger partial charge in [0.25, 0.3) is 0 Å². The Morgan fingerprint density at radius 2 is 2.30 bits per heavy atom. The smallest absolute Gasteiger partial charge is 0.186 e. The fraction of sp³-hybridized carbons (Fsp3) is 0.429. The minimum absolute atomic E-state index is 0.202. The van der Waals surface area contributed by atoms with Crippen LogP contribution in [0, 0.1) is 0 Å². The predicted octanol–water partition coefficient (Wildman–Crippen LogP) is 1.68. The van der Waals surface area contributed by atoms with Crippen LogP contribution in [0.5, 0.6) is 0 Å². The maximum Gasteiger partial charge on any atom is 0.186 e. The number of hydrogen-bond acceptors (Lipinski definition) is 1. The highest BCUT2D eigenvalue weighted by Crippen LogP contribution is 2.18. The molecule has 10 heavy (non-hydrogen) atoms. The molecule has 1 nitrogen and oxygen atoms in total. The van der Waals surface area contributed by atoms with E-state index in [1.807, 2.05) is 0 Å². The van der Waals surface area contributed by atoms with Crippen LogP contribution in [0.3, 0.4) is 0 Å². The molecule has 3 heteroatoms. The van der Waals surface area contributed by atoms with E-state index in [0.29, 0.717) is 0 Å². The normalized spacial score (nSPS) is 31.0. The molecule has 1 rings (SSSR count). The van der Waals surface area contributed by atoms with Crippen LogP contribution in [0.1, 0.15) is 6.42 Å². The Hall–Kier alpha value is -0.700. The van der Waals surface area contributed by atoms with E-state index >= 15 is 0 Å². The van der Waals surface area contributed by atoms with Crippen LogP contribution in [-0.2, 0) is 0 Å². The second-order valence-electron chi connectivity index (χ2n) is 2.16. The van der Waals surface area contributed by atoms with E-state index in [4.69, 9.17) is 0 Å². The van der Waals surface area contributed by atoms with Gasteiger partial charge in [0.05, 0.1) is 0 Å². The van der Waals surface area contributed by atoms with Crippen LogP contribution in [0.4, 0.5) is 8.78 Å². The van der Waals surface area contributed by atoms with Crippen molar-refractivity contribution >= 4 is 0 Å². The van der Waals surface area contributed by atoms with Crippen molar-refractivity contribution in [3.63, 3.8) is 0 Å². The molecule has 0 aromatic rings. The van der Waals surface area contributed by atoms with Crippen molar-refractivity contribution in [1.29, 1.82) is 0 Å². The first-order valence-corrected chi connectivity index (χ1v) is 3.11. The van der Waals surface area contributed by atoms with Gasteiger partial charge in [-0.15, -0.1) is 0 Å². The van der Waals surface area contributed by atoms with E-state index in [9.17, 15) is 8.78 Å². The first-order valence-electron chi connectivity index (χ1n) is 3.11. The summed E-state index contributed by atoms with van der Waals surface area (Å²) in [6.07, 6.45) is 6.46. The van der Waals surface area contributed by atoms with Gasteiger partial charge >= 0.3 is 0 Å². The Balaban J connectivity index is 2.52. The fourth-order valence-corrected chi connectivity index (χ4v) is 0.836. The second kappa shape index (κ2) is 2.92. The molecule has 0 aromatic heterocycles. The number of rotatable bonds is 2. The summed E-state index contributed by atoms with van der Waals surface area (Å²) in [5, 5.41) is 2.09. The Bertz CT molecular complexity index is 165. The molecular weight excluding hydrogens is 136 g/mol. The molecule has 1 N–H and O–H groups in total. The maximum absolute atomic E-state index is 13.1. The largest absolute Gasteiger partial charge is 0.254 e. The van der Waals surface area contributed by atoms with Gasteiger partial charge in [0.1, 0.15) is 6.80 Å². The van der Waals surface area contributed by atoms with Crippen molar-refractivity contribution in [2.24, 2.45) is 0 Å². The molecule has 1 unspecified atom stereocenters. The highest BCUT2D eigenvalue weighted by Gasteiger charge is 2.24. The highest BCUT2D eigenvalue weighted by molar-refractivity contribution is 5.16. The van der Waals surface area contributed by atoms with Gasteiger partial charge in [-0.2, -0.15) is 0 Å². The standard InChI is InChI=1S/C7H9F2N/c8-6-10-7(9)4-2-1-3-5-7/h1-4,10H,5-6H2. The first-order chi connectivity index (χ1) is 4.77. The third-order valence-electron chi connectivity index (χ3n) is 1.38. The maximum atomic E-state index is 13.1. The zero-order valence-corrected chi connectivity index (χ0v) is 5.48. The Labute approximate surface area is 58.4 Å². The van der Waals surface area contributed by atoms with Crippen molar-refractivity contribution in [1.82, 2.24) is 5.32 Å². The van der Waals surface area contributed by atoms with Gasteiger partial charge in [0, 0.05) is 6.42 Å². The molecule has 0 saturated heterocycles. The minimum atomic E-state index is -1.66. The lowest BCUT2D eigenvalue weighted by Gasteiger charge is -2.21. The predicted molar refractivity (Wildman–Crippen MR) is 35.8 cm³/mol. The molecule has 0 aromatic carbocycles. The zero-order valence-electron chi connectivity index (χ0n) is 5.48. The number of allylic oxidation sites excluding steroid dienone is 2. The first kappa shape index (κ1) is 7.41. The molecule has 0 saturated carbocycles. The lowest BCUT2D eigenvalue weighted by molar-refractivity contribution is 0.153. The van der Waals surface area contributed by atoms with Gasteiger partial charge < -0.3 is 0 Å².